The molecule has 2 aromatic rings. The summed E-state index contributed by atoms with van der Waals surface area (Å²) in [5.74, 6) is 0.370. The first kappa shape index (κ1) is 10.2. The van der Waals surface area contributed by atoms with E-state index in [-0.39, 0.29) is 5.91 Å². The molecule has 1 amide bonds. The van der Waals surface area contributed by atoms with Gasteiger partial charge in [0.05, 0.1) is 0 Å². The predicted molar refractivity (Wildman–Crippen MR) is 57.8 cm³/mol. The van der Waals surface area contributed by atoms with Crippen molar-refractivity contribution in [2.45, 2.75) is 6.92 Å². The molecule has 0 aliphatic rings. The van der Waals surface area contributed by atoms with Gasteiger partial charge >= 0.3 is 0 Å². The molecule has 6 heteroatoms. The predicted octanol–water partition coefficient (Wildman–Crippen LogP) is 1.21. The van der Waals surface area contributed by atoms with Crippen molar-refractivity contribution >= 4 is 17.5 Å². The van der Waals surface area contributed by atoms with Gasteiger partial charge < -0.3 is 15.6 Å². The van der Waals surface area contributed by atoms with Gasteiger partial charge in [-0.05, 0) is 19.1 Å². The number of nitrogens with one attached hydrogen (secondary N) is 1. The van der Waals surface area contributed by atoms with Crippen molar-refractivity contribution < 1.29 is 9.32 Å². The van der Waals surface area contributed by atoms with Crippen LogP contribution in [0.1, 0.15) is 16.1 Å². The normalized spacial score (nSPS) is 10.1. The molecule has 0 spiro atoms. The van der Waals surface area contributed by atoms with Crippen LogP contribution in [0.3, 0.4) is 0 Å². The number of hydrogen-bond donors (Lipinski definition) is 2. The largest absolute Gasteiger partial charge is 0.384 e. The second-order valence-corrected chi connectivity index (χ2v) is 3.26. The van der Waals surface area contributed by atoms with Crippen LogP contribution in [-0.4, -0.2) is 16.0 Å². The average molecular weight is 218 g/mol. The number of anilines is 2. The number of nitrogens with zero attached hydrogens (tertiary/aromatic N) is 2. The fourth-order valence-electron chi connectivity index (χ4n) is 1.29. The Morgan fingerprint density at radius 1 is 1.50 bits per heavy atom. The lowest BCUT2D eigenvalue weighted by Gasteiger charge is -2.03. The number of rotatable bonds is 2. The Bertz CT molecular complexity index is 487. The summed E-state index contributed by atoms with van der Waals surface area (Å²) in [6.07, 6.45) is 1.38. The lowest BCUT2D eigenvalue weighted by molar-refractivity contribution is 0.102. The van der Waals surface area contributed by atoms with E-state index in [0.29, 0.717) is 22.9 Å². The van der Waals surface area contributed by atoms with E-state index in [1.165, 1.54) is 12.3 Å². The second-order valence-electron chi connectivity index (χ2n) is 3.26. The van der Waals surface area contributed by atoms with Gasteiger partial charge in [-0.2, -0.15) is 0 Å². The molecule has 0 aliphatic heterocycles. The Kier molecular flexibility index (Phi) is 2.55. The zero-order chi connectivity index (χ0) is 11.5. The van der Waals surface area contributed by atoms with Crippen molar-refractivity contribution in [3.63, 3.8) is 0 Å². The average Bonchev–Trinajstić information content (AvgIpc) is 2.68. The maximum absolute atomic E-state index is 11.7. The van der Waals surface area contributed by atoms with E-state index < -0.39 is 0 Å². The van der Waals surface area contributed by atoms with Gasteiger partial charge in [-0.25, -0.2) is 4.98 Å². The van der Waals surface area contributed by atoms with Crippen molar-refractivity contribution in [1.82, 2.24) is 10.1 Å². The first-order valence-corrected chi connectivity index (χ1v) is 4.61. The van der Waals surface area contributed by atoms with Crippen LogP contribution < -0.4 is 11.1 Å². The van der Waals surface area contributed by atoms with Crippen molar-refractivity contribution in [3.8, 4) is 0 Å². The van der Waals surface area contributed by atoms with Crippen molar-refractivity contribution in [2.24, 2.45) is 0 Å². The molecule has 0 saturated heterocycles. The second kappa shape index (κ2) is 4.01. The number of aryl methyl sites for hydroxylation is 1. The molecule has 16 heavy (non-hydrogen) atoms. The van der Waals surface area contributed by atoms with Crippen LogP contribution in [0.15, 0.2) is 29.0 Å². The van der Waals surface area contributed by atoms with E-state index in [9.17, 15) is 4.79 Å². The van der Waals surface area contributed by atoms with Gasteiger partial charge in [-0.1, -0.05) is 5.16 Å². The molecule has 0 atom stereocenters. The minimum absolute atomic E-state index is 0.300. The molecule has 0 saturated carbocycles. The summed E-state index contributed by atoms with van der Waals surface area (Å²) in [5.41, 5.74) is 6.67. The summed E-state index contributed by atoms with van der Waals surface area (Å²) < 4.78 is 4.60. The van der Waals surface area contributed by atoms with Crippen LogP contribution in [0.25, 0.3) is 0 Å². The molecule has 0 unspecified atom stereocenters. The zero-order valence-electron chi connectivity index (χ0n) is 8.60. The van der Waals surface area contributed by atoms with Crippen LogP contribution >= 0.6 is 0 Å². The maximum Gasteiger partial charge on any atom is 0.257 e. The summed E-state index contributed by atoms with van der Waals surface area (Å²) in [6.45, 7) is 1.77. The molecule has 0 aliphatic carbocycles. The monoisotopic (exact) mass is 218 g/mol. The highest BCUT2D eigenvalue weighted by molar-refractivity contribution is 6.04. The summed E-state index contributed by atoms with van der Waals surface area (Å²) >= 11 is 0. The maximum atomic E-state index is 11.7. The Morgan fingerprint density at radius 2 is 2.31 bits per heavy atom. The van der Waals surface area contributed by atoms with E-state index >= 15 is 0 Å². The fraction of sp³-hybridized carbons (Fsp3) is 0.100. The van der Waals surface area contributed by atoms with Gasteiger partial charge in [0, 0.05) is 17.3 Å². The van der Waals surface area contributed by atoms with Crippen LogP contribution in [0.2, 0.25) is 0 Å². The number of hydrogen-bond acceptors (Lipinski definition) is 5. The number of pyridine rings is 1. The number of amides is 1. The number of aromatic nitrogens is 2. The number of nitrogens with two attached hydrogens (primary N) is 1. The van der Waals surface area contributed by atoms with Gasteiger partial charge in [-0.15, -0.1) is 0 Å². The fourth-order valence-corrected chi connectivity index (χ4v) is 1.29. The molecule has 0 fully saturated rings. The summed E-state index contributed by atoms with van der Waals surface area (Å²) in [4.78, 5) is 15.7. The molecule has 0 bridgehead atoms. The van der Waals surface area contributed by atoms with E-state index in [4.69, 9.17) is 5.73 Å². The minimum atomic E-state index is -0.300. The molecule has 2 rings (SSSR count). The molecule has 2 aromatic heterocycles. The third-order valence-corrected chi connectivity index (χ3v) is 1.91. The highest BCUT2D eigenvalue weighted by atomic mass is 16.5. The third-order valence-electron chi connectivity index (χ3n) is 1.91. The number of carbonyl (C=O) groups excluding carboxylic acids is 1. The van der Waals surface area contributed by atoms with E-state index in [1.54, 1.807) is 19.1 Å². The first-order chi connectivity index (χ1) is 7.65. The lowest BCUT2D eigenvalue weighted by Crippen LogP contribution is -2.13. The third kappa shape index (κ3) is 2.17. The quantitative estimate of drug-likeness (QED) is 0.790. The molecule has 6 nitrogen and oxygen atoms in total. The van der Waals surface area contributed by atoms with E-state index in [1.807, 2.05) is 0 Å². The Labute approximate surface area is 91.5 Å². The number of nitrogen functional groups attached to an aromatic ring is 1. The molecule has 2 heterocycles. The van der Waals surface area contributed by atoms with Gasteiger partial charge in [0.25, 0.3) is 5.91 Å². The molecule has 82 valence electrons. The van der Waals surface area contributed by atoms with Crippen molar-refractivity contribution in [3.05, 3.63) is 35.7 Å². The van der Waals surface area contributed by atoms with Gasteiger partial charge in [-0.3, -0.25) is 4.79 Å². The van der Waals surface area contributed by atoms with Gasteiger partial charge in [0.15, 0.2) is 5.82 Å². The van der Waals surface area contributed by atoms with Crippen LogP contribution in [0, 0.1) is 6.92 Å². The minimum Gasteiger partial charge on any atom is -0.384 e. The van der Waals surface area contributed by atoms with Crippen LogP contribution in [0.5, 0.6) is 0 Å². The van der Waals surface area contributed by atoms with E-state index in [2.05, 4.69) is 20.0 Å². The standard InChI is InChI=1S/C10H10N4O2/c1-6-4-7(5-8(11)12-6)10(15)13-9-2-3-16-14-9/h2-5H,1H3,(H2,11,12)(H,13,14,15). The molecule has 3 N–H and O–H groups in total. The smallest absolute Gasteiger partial charge is 0.257 e. The SMILES string of the molecule is Cc1cc(C(=O)Nc2ccon2)cc(N)n1. The highest BCUT2D eigenvalue weighted by Crippen LogP contribution is 2.10. The summed E-state index contributed by atoms with van der Waals surface area (Å²) in [5, 5.41) is 6.14. The summed E-state index contributed by atoms with van der Waals surface area (Å²) in [6, 6.07) is 4.70. The van der Waals surface area contributed by atoms with Crippen molar-refractivity contribution in [2.75, 3.05) is 11.1 Å². The molecule has 0 radical (unpaired) electrons. The Hall–Kier alpha value is -2.37. The lowest BCUT2D eigenvalue weighted by atomic mass is 10.2. The Morgan fingerprint density at radius 3 is 2.94 bits per heavy atom. The zero-order valence-corrected chi connectivity index (χ0v) is 8.60. The first-order valence-electron chi connectivity index (χ1n) is 4.61. The van der Waals surface area contributed by atoms with Crippen molar-refractivity contribution in [1.29, 1.82) is 0 Å². The molecular weight excluding hydrogens is 208 g/mol. The Balaban J connectivity index is 2.21. The number of carbonyl (C=O) groups is 1. The van der Waals surface area contributed by atoms with Crippen LogP contribution in [-0.2, 0) is 0 Å². The van der Waals surface area contributed by atoms with Gasteiger partial charge in [0.1, 0.15) is 12.1 Å². The topological polar surface area (TPSA) is 94.0 Å². The molecule has 0 aromatic carbocycles. The highest BCUT2D eigenvalue weighted by Gasteiger charge is 2.09. The molecular formula is C10H10N4O2. The van der Waals surface area contributed by atoms with Gasteiger partial charge in [0.2, 0.25) is 0 Å². The summed E-state index contributed by atoms with van der Waals surface area (Å²) in [7, 11) is 0. The van der Waals surface area contributed by atoms with E-state index in [0.717, 1.165) is 0 Å². The van der Waals surface area contributed by atoms with Crippen LogP contribution in [0.4, 0.5) is 11.6 Å².